The summed E-state index contributed by atoms with van der Waals surface area (Å²) < 4.78 is 0. The third-order valence-electron chi connectivity index (χ3n) is 3.06. The summed E-state index contributed by atoms with van der Waals surface area (Å²) in [5.41, 5.74) is 1.28. The van der Waals surface area contributed by atoms with Gasteiger partial charge in [-0.05, 0) is 24.8 Å². The number of carbonyl (C=O) groups excluding carboxylic acids is 1. The van der Waals surface area contributed by atoms with E-state index in [-0.39, 0.29) is 0 Å². The lowest BCUT2D eigenvalue weighted by Crippen LogP contribution is -2.22. The third-order valence-corrected chi connectivity index (χ3v) is 3.06. The summed E-state index contributed by atoms with van der Waals surface area (Å²) in [6.07, 6.45) is 5.16. The molecule has 1 heteroatoms. The van der Waals surface area contributed by atoms with Gasteiger partial charge in [0.1, 0.15) is 5.78 Å². The Balaban J connectivity index is 1.79. The highest BCUT2D eigenvalue weighted by atomic mass is 16.1. The molecule has 1 aliphatic carbocycles. The van der Waals surface area contributed by atoms with Crippen molar-refractivity contribution in [2.24, 2.45) is 5.92 Å². The summed E-state index contributed by atoms with van der Waals surface area (Å²) in [7, 11) is 0. The van der Waals surface area contributed by atoms with Crippen molar-refractivity contribution < 1.29 is 4.79 Å². The molecule has 0 aromatic heterocycles. The first kappa shape index (κ1) is 9.45. The van der Waals surface area contributed by atoms with Crippen LogP contribution in [-0.2, 0) is 11.2 Å². The number of rotatable bonds is 4. The van der Waals surface area contributed by atoms with Crippen molar-refractivity contribution in [3.63, 3.8) is 0 Å². The summed E-state index contributed by atoms with van der Waals surface area (Å²) in [6, 6.07) is 10.3. The summed E-state index contributed by atoms with van der Waals surface area (Å²) in [5, 5.41) is 0. The normalized spacial score (nSPS) is 16.3. The summed E-state index contributed by atoms with van der Waals surface area (Å²) in [5.74, 6) is 0.874. The van der Waals surface area contributed by atoms with Crippen LogP contribution in [0.3, 0.4) is 0 Å². The molecule has 0 N–H and O–H groups in total. The van der Waals surface area contributed by atoms with Crippen molar-refractivity contribution in [1.29, 1.82) is 0 Å². The molecular formula is C13H16O. The van der Waals surface area contributed by atoms with Gasteiger partial charge in [0.15, 0.2) is 0 Å². The molecule has 2 rings (SSSR count). The SMILES string of the molecule is O=C(CCc1ccccc1)C1CCC1. The lowest BCUT2D eigenvalue weighted by molar-refractivity contribution is -0.125. The number of hydrogen-bond donors (Lipinski definition) is 0. The van der Waals surface area contributed by atoms with Gasteiger partial charge in [-0.15, -0.1) is 0 Å². The van der Waals surface area contributed by atoms with Crippen LogP contribution in [0.15, 0.2) is 30.3 Å². The van der Waals surface area contributed by atoms with E-state index in [1.54, 1.807) is 0 Å². The first-order valence-electron chi connectivity index (χ1n) is 5.43. The lowest BCUT2D eigenvalue weighted by Gasteiger charge is -2.23. The predicted octanol–water partition coefficient (Wildman–Crippen LogP) is 2.99. The van der Waals surface area contributed by atoms with Gasteiger partial charge in [-0.2, -0.15) is 0 Å². The maximum atomic E-state index is 11.6. The Morgan fingerprint density at radius 2 is 1.93 bits per heavy atom. The van der Waals surface area contributed by atoms with E-state index in [1.807, 2.05) is 18.2 Å². The highest BCUT2D eigenvalue weighted by molar-refractivity contribution is 5.81. The Bertz CT molecular complexity index is 298. The molecule has 0 saturated heterocycles. The maximum absolute atomic E-state index is 11.6. The van der Waals surface area contributed by atoms with Crippen molar-refractivity contribution in [2.45, 2.75) is 32.1 Å². The minimum Gasteiger partial charge on any atom is -0.299 e. The molecule has 1 nitrogen and oxygen atoms in total. The first-order valence-corrected chi connectivity index (χ1v) is 5.43. The van der Waals surface area contributed by atoms with E-state index in [1.165, 1.54) is 12.0 Å². The average Bonchev–Trinajstić information content (AvgIpc) is 2.14. The third kappa shape index (κ3) is 2.22. The molecule has 14 heavy (non-hydrogen) atoms. The van der Waals surface area contributed by atoms with Crippen molar-refractivity contribution in [1.82, 2.24) is 0 Å². The first-order chi connectivity index (χ1) is 6.86. The second-order valence-corrected chi connectivity index (χ2v) is 4.08. The van der Waals surface area contributed by atoms with Crippen LogP contribution in [0.2, 0.25) is 0 Å². The van der Waals surface area contributed by atoms with Crippen LogP contribution < -0.4 is 0 Å². The van der Waals surface area contributed by atoms with E-state index in [0.29, 0.717) is 11.7 Å². The van der Waals surface area contributed by atoms with Crippen LogP contribution in [0.5, 0.6) is 0 Å². The number of hydrogen-bond acceptors (Lipinski definition) is 1. The van der Waals surface area contributed by atoms with Crippen LogP contribution in [-0.4, -0.2) is 5.78 Å². The zero-order valence-corrected chi connectivity index (χ0v) is 8.41. The van der Waals surface area contributed by atoms with Crippen molar-refractivity contribution >= 4 is 5.78 Å². The minimum atomic E-state index is 0.402. The Hall–Kier alpha value is -1.11. The van der Waals surface area contributed by atoms with Gasteiger partial charge in [0.05, 0.1) is 0 Å². The molecule has 1 saturated carbocycles. The number of benzene rings is 1. The van der Waals surface area contributed by atoms with Gasteiger partial charge in [-0.25, -0.2) is 0 Å². The van der Waals surface area contributed by atoms with Crippen LogP contribution in [0.1, 0.15) is 31.2 Å². The van der Waals surface area contributed by atoms with Gasteiger partial charge < -0.3 is 0 Å². The highest BCUT2D eigenvalue weighted by Gasteiger charge is 2.24. The molecule has 0 unspecified atom stereocenters. The van der Waals surface area contributed by atoms with E-state index in [0.717, 1.165) is 25.7 Å². The monoisotopic (exact) mass is 188 g/mol. The van der Waals surface area contributed by atoms with Gasteiger partial charge in [0.25, 0.3) is 0 Å². The molecule has 0 aliphatic heterocycles. The van der Waals surface area contributed by atoms with Gasteiger partial charge in [0, 0.05) is 12.3 Å². The molecule has 0 atom stereocenters. The number of carbonyl (C=O) groups is 1. The van der Waals surface area contributed by atoms with Crippen molar-refractivity contribution in [2.75, 3.05) is 0 Å². The number of ketones is 1. The topological polar surface area (TPSA) is 17.1 Å². The molecule has 0 amide bonds. The zero-order valence-electron chi connectivity index (χ0n) is 8.41. The Morgan fingerprint density at radius 1 is 1.21 bits per heavy atom. The summed E-state index contributed by atoms with van der Waals surface area (Å²) in [4.78, 5) is 11.6. The quantitative estimate of drug-likeness (QED) is 0.710. The highest BCUT2D eigenvalue weighted by Crippen LogP contribution is 2.28. The predicted molar refractivity (Wildman–Crippen MR) is 57.1 cm³/mol. The molecule has 1 fully saturated rings. The van der Waals surface area contributed by atoms with Crippen LogP contribution in [0, 0.1) is 5.92 Å². The van der Waals surface area contributed by atoms with Crippen LogP contribution in [0.4, 0.5) is 0 Å². The molecule has 0 radical (unpaired) electrons. The molecular weight excluding hydrogens is 172 g/mol. The van der Waals surface area contributed by atoms with Crippen molar-refractivity contribution in [3.05, 3.63) is 35.9 Å². The second kappa shape index (κ2) is 4.41. The van der Waals surface area contributed by atoms with Gasteiger partial charge in [0.2, 0.25) is 0 Å². The Labute approximate surface area is 85.1 Å². The van der Waals surface area contributed by atoms with Crippen LogP contribution >= 0.6 is 0 Å². The second-order valence-electron chi connectivity index (χ2n) is 4.08. The van der Waals surface area contributed by atoms with Crippen molar-refractivity contribution in [3.8, 4) is 0 Å². The molecule has 0 heterocycles. The zero-order chi connectivity index (χ0) is 9.80. The lowest BCUT2D eigenvalue weighted by atomic mass is 9.80. The molecule has 0 bridgehead atoms. The molecule has 0 spiro atoms. The fourth-order valence-electron chi connectivity index (χ4n) is 1.85. The number of Topliss-reactive ketones (excluding diaryl/α,β-unsaturated/α-hetero) is 1. The Kier molecular flexibility index (Phi) is 2.97. The average molecular weight is 188 g/mol. The van der Waals surface area contributed by atoms with E-state index >= 15 is 0 Å². The minimum absolute atomic E-state index is 0.402. The van der Waals surface area contributed by atoms with Crippen LogP contribution in [0.25, 0.3) is 0 Å². The summed E-state index contributed by atoms with van der Waals surface area (Å²) >= 11 is 0. The number of aryl methyl sites for hydroxylation is 1. The molecule has 1 aromatic carbocycles. The fourth-order valence-corrected chi connectivity index (χ4v) is 1.85. The van der Waals surface area contributed by atoms with Gasteiger partial charge in [-0.3, -0.25) is 4.79 Å². The van der Waals surface area contributed by atoms with E-state index < -0.39 is 0 Å². The Morgan fingerprint density at radius 3 is 2.50 bits per heavy atom. The summed E-state index contributed by atoms with van der Waals surface area (Å²) in [6.45, 7) is 0. The maximum Gasteiger partial charge on any atom is 0.136 e. The standard InChI is InChI=1S/C13H16O/c14-13(12-7-4-8-12)10-9-11-5-2-1-3-6-11/h1-3,5-6,12H,4,7-10H2. The van der Waals surface area contributed by atoms with Gasteiger partial charge >= 0.3 is 0 Å². The largest absolute Gasteiger partial charge is 0.299 e. The van der Waals surface area contributed by atoms with E-state index in [4.69, 9.17) is 0 Å². The molecule has 1 aliphatic rings. The molecule has 74 valence electrons. The van der Waals surface area contributed by atoms with Gasteiger partial charge in [-0.1, -0.05) is 36.8 Å². The smallest absolute Gasteiger partial charge is 0.136 e. The fraction of sp³-hybridized carbons (Fsp3) is 0.462. The van der Waals surface area contributed by atoms with E-state index in [9.17, 15) is 4.79 Å². The van der Waals surface area contributed by atoms with E-state index in [2.05, 4.69) is 12.1 Å². The molecule has 1 aromatic rings.